The van der Waals surface area contributed by atoms with E-state index in [-0.39, 0.29) is 24.2 Å². The number of nitrogens with zero attached hydrogens (tertiary/aromatic N) is 3. The maximum absolute atomic E-state index is 12.1. The molecule has 3 aliphatic heterocycles. The van der Waals surface area contributed by atoms with Gasteiger partial charge in [-0.2, -0.15) is 0 Å². The lowest BCUT2D eigenvalue weighted by molar-refractivity contribution is -0.170. The van der Waals surface area contributed by atoms with Gasteiger partial charge in [0.25, 0.3) is 0 Å². The van der Waals surface area contributed by atoms with Crippen LogP contribution in [-0.2, 0) is 9.53 Å². The summed E-state index contributed by atoms with van der Waals surface area (Å²) < 4.78 is 12.0. The van der Waals surface area contributed by atoms with Gasteiger partial charge in [-0.15, -0.1) is 0 Å². The third-order valence-electron chi connectivity index (χ3n) is 7.33. The molecule has 1 aromatic rings. The number of anilines is 1. The number of ether oxygens (including phenoxy) is 2. The summed E-state index contributed by atoms with van der Waals surface area (Å²) in [5.74, 6) is 1.07. The Labute approximate surface area is 187 Å². The molecule has 31 heavy (non-hydrogen) atoms. The Bertz CT molecular complexity index is 728. The molecule has 0 saturated carbocycles. The molecule has 0 N–H and O–H groups in total. The zero-order valence-corrected chi connectivity index (χ0v) is 19.5. The van der Waals surface area contributed by atoms with Gasteiger partial charge < -0.3 is 24.2 Å². The molecule has 3 aliphatic rings. The molecular formula is C25H39N3O3. The maximum atomic E-state index is 12.1. The van der Waals surface area contributed by atoms with Gasteiger partial charge in [-0.1, -0.05) is 0 Å². The molecule has 0 aromatic heterocycles. The first-order valence-electron chi connectivity index (χ1n) is 12.1. The highest BCUT2D eigenvalue weighted by Crippen LogP contribution is 2.33. The van der Waals surface area contributed by atoms with Crippen molar-refractivity contribution in [1.29, 1.82) is 0 Å². The molecule has 0 radical (unpaired) electrons. The molecule has 6 heteroatoms. The molecule has 3 fully saturated rings. The monoisotopic (exact) mass is 429 g/mol. The van der Waals surface area contributed by atoms with Gasteiger partial charge in [0.05, 0.1) is 18.8 Å². The number of carbonyl (C=O) groups is 1. The van der Waals surface area contributed by atoms with Crippen molar-refractivity contribution >= 4 is 11.6 Å². The number of carbonyl (C=O) groups excluding carboxylic acids is 1. The molecule has 6 nitrogen and oxygen atoms in total. The van der Waals surface area contributed by atoms with E-state index >= 15 is 0 Å². The Morgan fingerprint density at radius 2 is 1.90 bits per heavy atom. The van der Waals surface area contributed by atoms with Crippen LogP contribution in [0.5, 0.6) is 5.75 Å². The summed E-state index contributed by atoms with van der Waals surface area (Å²) in [6, 6.07) is 9.49. The van der Waals surface area contributed by atoms with Gasteiger partial charge >= 0.3 is 0 Å². The topological polar surface area (TPSA) is 45.2 Å². The minimum absolute atomic E-state index is 0.119. The number of piperidine rings is 1. The molecule has 172 valence electrons. The molecule has 1 aromatic carbocycles. The first-order chi connectivity index (χ1) is 15.0. The Morgan fingerprint density at radius 1 is 1.16 bits per heavy atom. The van der Waals surface area contributed by atoms with E-state index in [1.165, 1.54) is 25.1 Å². The van der Waals surface area contributed by atoms with Gasteiger partial charge in [-0.05, 0) is 83.7 Å². The van der Waals surface area contributed by atoms with Crippen molar-refractivity contribution in [2.24, 2.45) is 0 Å². The van der Waals surface area contributed by atoms with Gasteiger partial charge in [-0.25, -0.2) is 0 Å². The third kappa shape index (κ3) is 5.35. The van der Waals surface area contributed by atoms with E-state index in [4.69, 9.17) is 9.47 Å². The first kappa shape index (κ1) is 22.4. The van der Waals surface area contributed by atoms with Crippen LogP contribution in [0.1, 0.15) is 52.9 Å². The Balaban J connectivity index is 1.22. The van der Waals surface area contributed by atoms with Gasteiger partial charge in [0, 0.05) is 37.4 Å². The van der Waals surface area contributed by atoms with Gasteiger partial charge in [-0.3, -0.25) is 4.79 Å². The van der Waals surface area contributed by atoms with Crippen molar-refractivity contribution in [3.63, 3.8) is 0 Å². The highest BCUT2D eigenvalue weighted by Gasteiger charge is 2.42. The summed E-state index contributed by atoms with van der Waals surface area (Å²) in [6.07, 6.45) is 5.66. The van der Waals surface area contributed by atoms with Crippen molar-refractivity contribution in [3.05, 3.63) is 24.3 Å². The lowest BCUT2D eigenvalue weighted by Gasteiger charge is -2.48. The van der Waals surface area contributed by atoms with Gasteiger partial charge in [0.15, 0.2) is 0 Å². The largest absolute Gasteiger partial charge is 0.494 e. The summed E-state index contributed by atoms with van der Waals surface area (Å²) in [7, 11) is 0. The standard InChI is InChI=1S/C25H39N3O3/c1-20(2)28-19-25(31-18-24(28)29)11-15-27(16-12-25)22-7-9-23(10-8-22)30-17-5-14-26-13-4-6-21(26)3/h7-10,20-21H,4-6,11-19H2,1-3H3/t21-/m1/s1. The Morgan fingerprint density at radius 3 is 2.55 bits per heavy atom. The number of morpholine rings is 1. The van der Waals surface area contributed by atoms with Crippen LogP contribution in [0.3, 0.4) is 0 Å². The van der Waals surface area contributed by atoms with Crippen molar-refractivity contribution < 1.29 is 14.3 Å². The summed E-state index contributed by atoms with van der Waals surface area (Å²) in [4.78, 5) is 19.1. The lowest BCUT2D eigenvalue weighted by atomic mass is 9.88. The molecule has 0 bridgehead atoms. The number of hydrogen-bond acceptors (Lipinski definition) is 5. The van der Waals surface area contributed by atoms with Crippen molar-refractivity contribution in [2.45, 2.75) is 70.6 Å². The predicted molar refractivity (Wildman–Crippen MR) is 124 cm³/mol. The quantitative estimate of drug-likeness (QED) is 0.621. The molecule has 3 heterocycles. The first-order valence-corrected chi connectivity index (χ1v) is 12.1. The number of benzene rings is 1. The van der Waals surface area contributed by atoms with E-state index in [9.17, 15) is 4.79 Å². The highest BCUT2D eigenvalue weighted by molar-refractivity contribution is 5.78. The molecule has 4 rings (SSSR count). The Hall–Kier alpha value is -1.79. The smallest absolute Gasteiger partial charge is 0.248 e. The van der Waals surface area contributed by atoms with E-state index in [2.05, 4.69) is 54.8 Å². The van der Waals surface area contributed by atoms with Crippen LogP contribution in [0.2, 0.25) is 0 Å². The zero-order chi connectivity index (χ0) is 21.8. The number of rotatable bonds is 7. The van der Waals surface area contributed by atoms with Crippen molar-refractivity contribution in [3.8, 4) is 5.75 Å². The van der Waals surface area contributed by atoms with E-state index in [1.807, 2.05) is 4.90 Å². The predicted octanol–water partition coefficient (Wildman–Crippen LogP) is 3.55. The van der Waals surface area contributed by atoms with Crippen molar-refractivity contribution in [1.82, 2.24) is 9.80 Å². The normalized spacial score (nSPS) is 24.4. The summed E-state index contributed by atoms with van der Waals surface area (Å²) in [5.41, 5.74) is 1.06. The molecule has 0 aliphatic carbocycles. The maximum Gasteiger partial charge on any atom is 0.248 e. The van der Waals surface area contributed by atoms with E-state index in [0.717, 1.165) is 63.8 Å². The van der Waals surface area contributed by atoms with E-state index in [0.29, 0.717) is 0 Å². The summed E-state index contributed by atoms with van der Waals surface area (Å²) >= 11 is 0. The van der Waals surface area contributed by atoms with Gasteiger partial charge in [0.1, 0.15) is 12.4 Å². The van der Waals surface area contributed by atoms with Gasteiger partial charge in [0.2, 0.25) is 5.91 Å². The van der Waals surface area contributed by atoms with E-state index < -0.39 is 0 Å². The van der Waals surface area contributed by atoms with Crippen LogP contribution >= 0.6 is 0 Å². The highest BCUT2D eigenvalue weighted by atomic mass is 16.5. The lowest BCUT2D eigenvalue weighted by Crippen LogP contribution is -2.60. The Kier molecular flexibility index (Phi) is 7.07. The van der Waals surface area contributed by atoms with E-state index in [1.54, 1.807) is 0 Å². The summed E-state index contributed by atoms with van der Waals surface area (Å²) in [6.45, 7) is 12.5. The second-order valence-electron chi connectivity index (χ2n) is 9.80. The molecule has 1 atom stereocenters. The van der Waals surface area contributed by atoms with Crippen LogP contribution < -0.4 is 9.64 Å². The van der Waals surface area contributed by atoms with Crippen LogP contribution in [0.15, 0.2) is 24.3 Å². The third-order valence-corrected chi connectivity index (χ3v) is 7.33. The van der Waals surface area contributed by atoms with Crippen LogP contribution in [0, 0.1) is 0 Å². The molecule has 1 spiro atoms. The molecule has 0 unspecified atom stereocenters. The fourth-order valence-corrected chi connectivity index (χ4v) is 5.22. The molecule has 1 amide bonds. The van der Waals surface area contributed by atoms with Crippen LogP contribution in [0.25, 0.3) is 0 Å². The molecule has 3 saturated heterocycles. The summed E-state index contributed by atoms with van der Waals surface area (Å²) in [5, 5.41) is 0. The fourth-order valence-electron chi connectivity index (χ4n) is 5.22. The fraction of sp³-hybridized carbons (Fsp3) is 0.720. The zero-order valence-electron chi connectivity index (χ0n) is 19.5. The molecular weight excluding hydrogens is 390 g/mol. The second-order valence-corrected chi connectivity index (χ2v) is 9.80. The number of likely N-dealkylation sites (tertiary alicyclic amines) is 1. The number of hydrogen-bond donors (Lipinski definition) is 0. The van der Waals surface area contributed by atoms with Crippen LogP contribution in [0.4, 0.5) is 5.69 Å². The minimum Gasteiger partial charge on any atom is -0.494 e. The SMILES string of the molecule is CC(C)N1CC2(CCN(c3ccc(OCCCN4CCC[C@H]4C)cc3)CC2)OCC1=O. The minimum atomic E-state index is -0.176. The van der Waals surface area contributed by atoms with Crippen molar-refractivity contribution in [2.75, 3.05) is 50.8 Å². The average molecular weight is 430 g/mol. The average Bonchev–Trinajstić information content (AvgIpc) is 3.19. The second kappa shape index (κ2) is 9.78. The number of amides is 1. The van der Waals surface area contributed by atoms with Crippen LogP contribution in [-0.4, -0.2) is 79.3 Å².